The quantitative estimate of drug-likeness (QED) is 0.715. The van der Waals surface area contributed by atoms with Gasteiger partial charge < -0.3 is 0 Å². The molecule has 1 aromatic heterocycles. The van der Waals surface area contributed by atoms with Crippen LogP contribution in [0, 0.1) is 12.3 Å². The molecule has 0 aliphatic rings. The van der Waals surface area contributed by atoms with Gasteiger partial charge in [0.1, 0.15) is 0 Å². The molecule has 86 valence electrons. The van der Waals surface area contributed by atoms with E-state index in [4.69, 9.17) is 4.98 Å². The predicted molar refractivity (Wildman–Crippen MR) is 74.5 cm³/mol. The Hall–Kier alpha value is -0.540. The normalized spacial score (nSPS) is 12.2. The summed E-state index contributed by atoms with van der Waals surface area (Å²) in [5.74, 6) is 1.12. The molecular weight excluding hydrogens is 234 g/mol. The Balaban J connectivity index is 2.24. The minimum Gasteiger partial charge on any atom is -0.229 e. The first-order valence-corrected chi connectivity index (χ1v) is 7.25. The molecule has 0 spiro atoms. The molecule has 0 saturated heterocycles. The van der Waals surface area contributed by atoms with Crippen molar-refractivity contribution in [3.63, 3.8) is 0 Å². The Morgan fingerprint density at radius 1 is 1.31 bits per heavy atom. The lowest BCUT2D eigenvalue weighted by Gasteiger charge is -2.15. The fourth-order valence-corrected chi connectivity index (χ4v) is 3.57. The number of para-hydroxylation sites is 1. The molecule has 0 unspecified atom stereocenters. The standard InChI is InChI=1S/C13H17NS2/c1-9-6-5-7-10-11(9)14-12(16-10)15-8-13(2,3)4/h5-7H,8H2,1-4H3. The van der Waals surface area contributed by atoms with Gasteiger partial charge in [0.15, 0.2) is 4.34 Å². The van der Waals surface area contributed by atoms with Gasteiger partial charge in [-0.3, -0.25) is 0 Å². The van der Waals surface area contributed by atoms with E-state index >= 15 is 0 Å². The molecule has 1 heterocycles. The second-order valence-electron chi connectivity index (χ2n) is 5.25. The third-order valence-electron chi connectivity index (χ3n) is 2.23. The smallest absolute Gasteiger partial charge is 0.151 e. The van der Waals surface area contributed by atoms with E-state index in [1.165, 1.54) is 20.1 Å². The lowest BCUT2D eigenvalue weighted by Crippen LogP contribution is -2.07. The van der Waals surface area contributed by atoms with Gasteiger partial charge in [0.25, 0.3) is 0 Å². The minimum atomic E-state index is 0.359. The van der Waals surface area contributed by atoms with Crippen molar-refractivity contribution in [2.24, 2.45) is 5.41 Å². The van der Waals surface area contributed by atoms with Crippen LogP contribution in [0.4, 0.5) is 0 Å². The minimum absolute atomic E-state index is 0.359. The van der Waals surface area contributed by atoms with Crippen LogP contribution in [-0.4, -0.2) is 10.7 Å². The van der Waals surface area contributed by atoms with Crippen molar-refractivity contribution >= 4 is 33.3 Å². The Bertz CT molecular complexity index is 494. The van der Waals surface area contributed by atoms with Crippen LogP contribution in [0.5, 0.6) is 0 Å². The van der Waals surface area contributed by atoms with Crippen LogP contribution < -0.4 is 0 Å². The molecule has 3 heteroatoms. The lowest BCUT2D eigenvalue weighted by atomic mass is 10.0. The number of thioether (sulfide) groups is 1. The number of rotatable bonds is 2. The van der Waals surface area contributed by atoms with Crippen LogP contribution in [-0.2, 0) is 0 Å². The molecule has 1 aromatic carbocycles. The highest BCUT2D eigenvalue weighted by molar-refractivity contribution is 8.01. The number of hydrogen-bond acceptors (Lipinski definition) is 3. The second kappa shape index (κ2) is 4.38. The molecule has 0 atom stereocenters. The van der Waals surface area contributed by atoms with E-state index in [1.807, 2.05) is 11.8 Å². The molecule has 2 aromatic rings. The number of hydrogen-bond donors (Lipinski definition) is 0. The van der Waals surface area contributed by atoms with Crippen molar-refractivity contribution in [2.45, 2.75) is 32.0 Å². The van der Waals surface area contributed by atoms with Crippen molar-refractivity contribution in [3.05, 3.63) is 23.8 Å². The molecule has 0 aliphatic carbocycles. The van der Waals surface area contributed by atoms with Crippen LogP contribution in [0.1, 0.15) is 26.3 Å². The molecule has 0 aliphatic heterocycles. The summed E-state index contributed by atoms with van der Waals surface area (Å²) >= 11 is 3.67. The van der Waals surface area contributed by atoms with Gasteiger partial charge in [-0.15, -0.1) is 11.3 Å². The monoisotopic (exact) mass is 251 g/mol. The summed E-state index contributed by atoms with van der Waals surface area (Å²) in [6.45, 7) is 8.91. The van der Waals surface area contributed by atoms with Crippen molar-refractivity contribution in [2.75, 3.05) is 5.75 Å². The van der Waals surface area contributed by atoms with E-state index in [-0.39, 0.29) is 0 Å². The first-order valence-electron chi connectivity index (χ1n) is 5.45. The van der Waals surface area contributed by atoms with E-state index in [0.717, 1.165) is 5.75 Å². The zero-order chi connectivity index (χ0) is 11.8. The van der Waals surface area contributed by atoms with Crippen LogP contribution in [0.2, 0.25) is 0 Å². The zero-order valence-electron chi connectivity index (χ0n) is 10.2. The van der Waals surface area contributed by atoms with E-state index in [1.54, 1.807) is 11.3 Å². The van der Waals surface area contributed by atoms with Crippen molar-refractivity contribution in [3.8, 4) is 0 Å². The maximum absolute atomic E-state index is 4.70. The van der Waals surface area contributed by atoms with Gasteiger partial charge in [-0.05, 0) is 24.0 Å². The molecule has 0 radical (unpaired) electrons. The molecule has 2 rings (SSSR count). The summed E-state index contributed by atoms with van der Waals surface area (Å²) < 4.78 is 2.50. The summed E-state index contributed by atoms with van der Waals surface area (Å²) in [5, 5.41) is 0. The summed E-state index contributed by atoms with van der Waals surface area (Å²) in [7, 11) is 0. The van der Waals surface area contributed by atoms with Gasteiger partial charge >= 0.3 is 0 Å². The van der Waals surface area contributed by atoms with Crippen molar-refractivity contribution < 1.29 is 0 Å². The van der Waals surface area contributed by atoms with E-state index in [2.05, 4.69) is 45.9 Å². The maximum Gasteiger partial charge on any atom is 0.151 e. The van der Waals surface area contributed by atoms with Gasteiger partial charge in [-0.2, -0.15) is 0 Å². The van der Waals surface area contributed by atoms with E-state index in [9.17, 15) is 0 Å². The molecule has 1 nitrogen and oxygen atoms in total. The summed E-state index contributed by atoms with van der Waals surface area (Å²) in [6, 6.07) is 6.38. The van der Waals surface area contributed by atoms with Crippen LogP contribution >= 0.6 is 23.1 Å². The highest BCUT2D eigenvalue weighted by Gasteiger charge is 2.13. The Morgan fingerprint density at radius 3 is 2.69 bits per heavy atom. The first kappa shape index (κ1) is 11.9. The molecule has 0 saturated carbocycles. The van der Waals surface area contributed by atoms with Gasteiger partial charge in [-0.25, -0.2) is 4.98 Å². The Morgan fingerprint density at radius 2 is 2.06 bits per heavy atom. The number of thiazole rings is 1. The Kier molecular flexibility index (Phi) is 3.27. The van der Waals surface area contributed by atoms with Gasteiger partial charge in [0.2, 0.25) is 0 Å². The molecular formula is C13H17NS2. The number of benzene rings is 1. The van der Waals surface area contributed by atoms with E-state index in [0.29, 0.717) is 5.41 Å². The number of nitrogens with zero attached hydrogens (tertiary/aromatic N) is 1. The molecule has 0 bridgehead atoms. The lowest BCUT2D eigenvalue weighted by molar-refractivity contribution is 0.481. The van der Waals surface area contributed by atoms with Crippen LogP contribution in [0.25, 0.3) is 10.2 Å². The van der Waals surface area contributed by atoms with Gasteiger partial charge in [-0.1, -0.05) is 44.7 Å². The van der Waals surface area contributed by atoms with Gasteiger partial charge in [0.05, 0.1) is 10.2 Å². The third kappa shape index (κ3) is 2.77. The topological polar surface area (TPSA) is 12.9 Å². The summed E-state index contributed by atoms with van der Waals surface area (Å²) in [6.07, 6.45) is 0. The molecule has 0 N–H and O–H groups in total. The predicted octanol–water partition coefficient (Wildman–Crippen LogP) is 4.74. The number of aromatic nitrogens is 1. The number of fused-ring (bicyclic) bond motifs is 1. The SMILES string of the molecule is Cc1cccc2sc(SCC(C)(C)C)nc12. The van der Waals surface area contributed by atoms with Crippen molar-refractivity contribution in [1.29, 1.82) is 0 Å². The maximum atomic E-state index is 4.70. The van der Waals surface area contributed by atoms with E-state index < -0.39 is 0 Å². The second-order valence-corrected chi connectivity index (χ2v) is 7.50. The molecule has 16 heavy (non-hydrogen) atoms. The summed E-state index contributed by atoms with van der Waals surface area (Å²) in [5.41, 5.74) is 2.80. The highest BCUT2D eigenvalue weighted by Crippen LogP contribution is 2.33. The fraction of sp³-hybridized carbons (Fsp3) is 0.462. The average molecular weight is 251 g/mol. The van der Waals surface area contributed by atoms with Crippen LogP contribution in [0.15, 0.2) is 22.5 Å². The van der Waals surface area contributed by atoms with Crippen LogP contribution in [0.3, 0.4) is 0 Å². The fourth-order valence-electron chi connectivity index (χ4n) is 1.41. The first-order chi connectivity index (χ1) is 7.46. The van der Waals surface area contributed by atoms with Crippen molar-refractivity contribution in [1.82, 2.24) is 4.98 Å². The average Bonchev–Trinajstić information content (AvgIpc) is 2.58. The Labute approximate surface area is 105 Å². The number of aryl methyl sites for hydroxylation is 1. The highest BCUT2D eigenvalue weighted by atomic mass is 32.2. The zero-order valence-corrected chi connectivity index (χ0v) is 11.8. The molecule has 0 amide bonds. The molecule has 0 fully saturated rings. The summed E-state index contributed by atoms with van der Waals surface area (Å²) in [4.78, 5) is 4.70. The third-order valence-corrected chi connectivity index (χ3v) is 5.00. The largest absolute Gasteiger partial charge is 0.229 e. The van der Waals surface area contributed by atoms with Gasteiger partial charge in [0, 0.05) is 5.75 Å².